The summed E-state index contributed by atoms with van der Waals surface area (Å²) in [6.07, 6.45) is 1.38. The standard InChI is InChI=1S/C12H17N5O3S/c1-7-11(8(2)16-15-7)14-12(18)10-5-9(6-17(10)4)21(19,20)13-3/h5-6,13H,1-4H3,(H,14,18)(H,15,16). The van der Waals surface area contributed by atoms with Gasteiger partial charge in [0, 0.05) is 13.2 Å². The fourth-order valence-corrected chi connectivity index (χ4v) is 2.74. The number of H-pyrrole nitrogens is 1. The average molecular weight is 311 g/mol. The summed E-state index contributed by atoms with van der Waals surface area (Å²) in [5, 5.41) is 9.49. The quantitative estimate of drug-likeness (QED) is 0.765. The summed E-state index contributed by atoms with van der Waals surface area (Å²) in [6, 6.07) is 1.33. The molecule has 3 N–H and O–H groups in total. The van der Waals surface area contributed by atoms with E-state index in [2.05, 4.69) is 20.2 Å². The Kier molecular flexibility index (Phi) is 3.88. The summed E-state index contributed by atoms with van der Waals surface area (Å²) in [5.74, 6) is -0.400. The van der Waals surface area contributed by atoms with E-state index in [9.17, 15) is 13.2 Å². The van der Waals surface area contributed by atoms with Gasteiger partial charge in [-0.05, 0) is 27.0 Å². The van der Waals surface area contributed by atoms with Crippen molar-refractivity contribution >= 4 is 21.6 Å². The third kappa shape index (κ3) is 2.83. The molecule has 0 aromatic carbocycles. The van der Waals surface area contributed by atoms with Gasteiger partial charge in [-0.2, -0.15) is 5.10 Å². The number of sulfonamides is 1. The first-order chi connectivity index (χ1) is 9.76. The Morgan fingerprint density at radius 2 is 2.05 bits per heavy atom. The lowest BCUT2D eigenvalue weighted by Gasteiger charge is -2.05. The Labute approximate surface area is 122 Å². The zero-order chi connectivity index (χ0) is 15.8. The Balaban J connectivity index is 2.33. The van der Waals surface area contributed by atoms with Gasteiger partial charge in [0.15, 0.2) is 0 Å². The highest BCUT2D eigenvalue weighted by atomic mass is 32.2. The van der Waals surface area contributed by atoms with Gasteiger partial charge in [-0.25, -0.2) is 13.1 Å². The summed E-state index contributed by atoms with van der Waals surface area (Å²) >= 11 is 0. The fraction of sp³-hybridized carbons (Fsp3) is 0.333. The molecule has 0 fully saturated rings. The highest BCUT2D eigenvalue weighted by Crippen LogP contribution is 2.19. The monoisotopic (exact) mass is 311 g/mol. The summed E-state index contributed by atoms with van der Waals surface area (Å²) in [6.45, 7) is 3.55. The van der Waals surface area contributed by atoms with E-state index in [0.717, 1.165) is 5.69 Å². The molecule has 0 unspecified atom stereocenters. The number of aromatic amines is 1. The van der Waals surface area contributed by atoms with Gasteiger partial charge < -0.3 is 9.88 Å². The Hall–Kier alpha value is -2.13. The number of aryl methyl sites for hydroxylation is 3. The van der Waals surface area contributed by atoms with Crippen LogP contribution in [0.15, 0.2) is 17.2 Å². The van der Waals surface area contributed by atoms with Crippen LogP contribution < -0.4 is 10.0 Å². The number of nitrogens with zero attached hydrogens (tertiary/aromatic N) is 2. The van der Waals surface area contributed by atoms with Gasteiger partial charge in [-0.15, -0.1) is 0 Å². The Morgan fingerprint density at radius 3 is 2.57 bits per heavy atom. The molecule has 0 aliphatic heterocycles. The number of hydrogen-bond donors (Lipinski definition) is 3. The van der Waals surface area contributed by atoms with Crippen LogP contribution in [-0.4, -0.2) is 36.1 Å². The maximum Gasteiger partial charge on any atom is 0.272 e. The second-order valence-corrected chi connectivity index (χ2v) is 6.53. The van der Waals surface area contributed by atoms with E-state index in [-0.39, 0.29) is 10.6 Å². The van der Waals surface area contributed by atoms with Crippen molar-refractivity contribution in [3.05, 3.63) is 29.3 Å². The SMILES string of the molecule is CNS(=O)(=O)c1cc(C(=O)Nc2c(C)n[nH]c2C)n(C)c1. The molecule has 0 bridgehead atoms. The normalized spacial score (nSPS) is 11.6. The molecule has 0 spiro atoms. The van der Waals surface area contributed by atoms with Crippen LogP contribution in [-0.2, 0) is 17.1 Å². The van der Waals surface area contributed by atoms with E-state index in [0.29, 0.717) is 11.4 Å². The van der Waals surface area contributed by atoms with Crippen molar-refractivity contribution < 1.29 is 13.2 Å². The van der Waals surface area contributed by atoms with E-state index in [4.69, 9.17) is 0 Å². The number of rotatable bonds is 4. The number of hydrogen-bond acceptors (Lipinski definition) is 4. The second kappa shape index (κ2) is 5.34. The topological polar surface area (TPSA) is 109 Å². The number of anilines is 1. The van der Waals surface area contributed by atoms with E-state index in [1.807, 2.05) is 0 Å². The lowest BCUT2D eigenvalue weighted by molar-refractivity contribution is 0.101. The van der Waals surface area contributed by atoms with E-state index in [1.54, 1.807) is 20.9 Å². The number of aromatic nitrogens is 3. The molecule has 8 nitrogen and oxygen atoms in total. The van der Waals surface area contributed by atoms with Crippen molar-refractivity contribution in [1.29, 1.82) is 0 Å². The van der Waals surface area contributed by atoms with Crippen LogP contribution in [0.1, 0.15) is 21.9 Å². The first kappa shape index (κ1) is 15.3. The maximum atomic E-state index is 12.3. The molecule has 0 saturated heterocycles. The minimum absolute atomic E-state index is 0.0401. The summed E-state index contributed by atoms with van der Waals surface area (Å²) in [5.41, 5.74) is 2.24. The zero-order valence-electron chi connectivity index (χ0n) is 12.2. The van der Waals surface area contributed by atoms with Crippen molar-refractivity contribution in [2.45, 2.75) is 18.7 Å². The minimum Gasteiger partial charge on any atom is -0.345 e. The van der Waals surface area contributed by atoms with Crippen molar-refractivity contribution in [3.63, 3.8) is 0 Å². The highest BCUT2D eigenvalue weighted by Gasteiger charge is 2.20. The maximum absolute atomic E-state index is 12.3. The van der Waals surface area contributed by atoms with E-state index >= 15 is 0 Å². The first-order valence-corrected chi connectivity index (χ1v) is 7.67. The van der Waals surface area contributed by atoms with Crippen LogP contribution in [0.4, 0.5) is 5.69 Å². The molecule has 1 amide bonds. The van der Waals surface area contributed by atoms with Gasteiger partial charge in [0.2, 0.25) is 10.0 Å². The molecule has 2 rings (SSSR count). The third-order valence-corrected chi connectivity index (χ3v) is 4.54. The lowest BCUT2D eigenvalue weighted by Crippen LogP contribution is -2.18. The highest BCUT2D eigenvalue weighted by molar-refractivity contribution is 7.89. The van der Waals surface area contributed by atoms with E-state index < -0.39 is 15.9 Å². The first-order valence-electron chi connectivity index (χ1n) is 6.19. The van der Waals surface area contributed by atoms with Crippen LogP contribution in [0.3, 0.4) is 0 Å². The van der Waals surface area contributed by atoms with Gasteiger partial charge in [0.1, 0.15) is 10.6 Å². The lowest BCUT2D eigenvalue weighted by atomic mass is 10.3. The largest absolute Gasteiger partial charge is 0.345 e. The fourth-order valence-electron chi connectivity index (χ4n) is 1.94. The van der Waals surface area contributed by atoms with Crippen molar-refractivity contribution in [3.8, 4) is 0 Å². The molecule has 2 aromatic heterocycles. The molecule has 0 atom stereocenters. The number of nitrogens with one attached hydrogen (secondary N) is 3. The predicted octanol–water partition coefficient (Wildman–Crippen LogP) is 0.525. The minimum atomic E-state index is -3.58. The zero-order valence-corrected chi connectivity index (χ0v) is 13.0. The third-order valence-electron chi connectivity index (χ3n) is 3.16. The van der Waals surface area contributed by atoms with Gasteiger partial charge in [-0.1, -0.05) is 0 Å². The predicted molar refractivity (Wildman–Crippen MR) is 77.7 cm³/mol. The van der Waals surface area contributed by atoms with Gasteiger partial charge >= 0.3 is 0 Å². The smallest absolute Gasteiger partial charge is 0.272 e. The summed E-state index contributed by atoms with van der Waals surface area (Å²) in [7, 11) is -0.652. The van der Waals surface area contributed by atoms with Crippen molar-refractivity contribution in [2.75, 3.05) is 12.4 Å². The van der Waals surface area contributed by atoms with Crippen LogP contribution in [0.25, 0.3) is 0 Å². The molecule has 0 radical (unpaired) electrons. The molecule has 9 heteroatoms. The number of carbonyl (C=O) groups is 1. The summed E-state index contributed by atoms with van der Waals surface area (Å²) in [4.78, 5) is 12.3. The molecule has 0 aliphatic rings. The van der Waals surface area contributed by atoms with Gasteiger partial charge in [-0.3, -0.25) is 9.89 Å². The molecule has 2 aromatic rings. The van der Waals surface area contributed by atoms with Crippen LogP contribution in [0.2, 0.25) is 0 Å². The Morgan fingerprint density at radius 1 is 1.38 bits per heavy atom. The van der Waals surface area contributed by atoms with Crippen molar-refractivity contribution in [1.82, 2.24) is 19.5 Å². The molecule has 114 valence electrons. The molecular weight excluding hydrogens is 294 g/mol. The van der Waals surface area contributed by atoms with Crippen molar-refractivity contribution in [2.24, 2.45) is 7.05 Å². The van der Waals surface area contributed by atoms with Crippen LogP contribution >= 0.6 is 0 Å². The molecule has 0 aliphatic carbocycles. The van der Waals surface area contributed by atoms with E-state index in [1.165, 1.54) is 23.9 Å². The van der Waals surface area contributed by atoms with Crippen LogP contribution in [0.5, 0.6) is 0 Å². The molecule has 2 heterocycles. The average Bonchev–Trinajstić information content (AvgIpc) is 2.96. The van der Waals surface area contributed by atoms with Crippen LogP contribution in [0, 0.1) is 13.8 Å². The van der Waals surface area contributed by atoms with Gasteiger partial charge in [0.25, 0.3) is 5.91 Å². The number of amides is 1. The molecular formula is C12H17N5O3S. The summed E-state index contributed by atoms with van der Waals surface area (Å²) < 4.78 is 27.2. The van der Waals surface area contributed by atoms with Gasteiger partial charge in [0.05, 0.1) is 17.1 Å². The molecule has 0 saturated carbocycles. The number of carbonyl (C=O) groups excluding carboxylic acids is 1. The Bertz CT molecular complexity index is 768. The second-order valence-electron chi connectivity index (χ2n) is 4.64. The molecule has 21 heavy (non-hydrogen) atoms.